The lowest BCUT2D eigenvalue weighted by molar-refractivity contribution is 0.599. The average Bonchev–Trinajstić information content (AvgIpc) is 2.39. The molecule has 2 nitrogen and oxygen atoms in total. The highest BCUT2D eigenvalue weighted by Crippen LogP contribution is 2.26. The molecule has 2 rings (SSSR count). The van der Waals surface area contributed by atoms with Crippen LogP contribution < -0.4 is 5.73 Å². The van der Waals surface area contributed by atoms with Crippen LogP contribution in [-0.2, 0) is 12.0 Å². The summed E-state index contributed by atoms with van der Waals surface area (Å²) < 4.78 is 0. The van der Waals surface area contributed by atoms with Gasteiger partial charge in [0, 0.05) is 11.9 Å². The third kappa shape index (κ3) is 2.44. The van der Waals surface area contributed by atoms with Crippen molar-refractivity contribution in [2.45, 2.75) is 32.7 Å². The molecule has 1 aromatic heterocycles. The molecule has 2 heteroatoms. The van der Waals surface area contributed by atoms with Gasteiger partial charge in [-0.3, -0.25) is 4.98 Å². The van der Waals surface area contributed by atoms with Gasteiger partial charge in [-0.25, -0.2) is 0 Å². The lowest BCUT2D eigenvalue weighted by Crippen LogP contribution is -2.34. The van der Waals surface area contributed by atoms with Crippen LogP contribution in [0.1, 0.15) is 36.2 Å². The standard InChI is InChI=1S/C16H20N2/c1-4-13-6-9-14(10-7-13)16(3,17)15-8-5-12(2)18-11-15/h5-11H,4,17H2,1-3H3. The summed E-state index contributed by atoms with van der Waals surface area (Å²) in [5.41, 5.74) is 10.5. The molecule has 0 bridgehead atoms. The molecule has 18 heavy (non-hydrogen) atoms. The number of rotatable bonds is 3. The zero-order chi connectivity index (χ0) is 13.2. The highest BCUT2D eigenvalue weighted by Gasteiger charge is 2.23. The molecule has 2 aromatic rings. The van der Waals surface area contributed by atoms with E-state index in [4.69, 9.17) is 5.73 Å². The van der Waals surface area contributed by atoms with Gasteiger partial charge in [-0.1, -0.05) is 37.3 Å². The summed E-state index contributed by atoms with van der Waals surface area (Å²) in [5.74, 6) is 0. The van der Waals surface area contributed by atoms with Gasteiger partial charge in [0.15, 0.2) is 0 Å². The Morgan fingerprint density at radius 2 is 1.67 bits per heavy atom. The zero-order valence-corrected chi connectivity index (χ0v) is 11.3. The molecule has 1 unspecified atom stereocenters. The summed E-state index contributed by atoms with van der Waals surface area (Å²) in [6.45, 7) is 6.16. The van der Waals surface area contributed by atoms with Crippen molar-refractivity contribution in [1.29, 1.82) is 0 Å². The number of benzene rings is 1. The van der Waals surface area contributed by atoms with Gasteiger partial charge in [-0.15, -0.1) is 0 Å². The van der Waals surface area contributed by atoms with Crippen molar-refractivity contribution in [1.82, 2.24) is 4.98 Å². The fraction of sp³-hybridized carbons (Fsp3) is 0.312. The Kier molecular flexibility index (Phi) is 3.48. The van der Waals surface area contributed by atoms with Crippen LogP contribution in [0.5, 0.6) is 0 Å². The molecule has 0 radical (unpaired) electrons. The van der Waals surface area contributed by atoms with Crippen LogP contribution in [0.25, 0.3) is 0 Å². The van der Waals surface area contributed by atoms with E-state index in [2.05, 4.69) is 42.2 Å². The lowest BCUT2D eigenvalue weighted by Gasteiger charge is -2.26. The predicted molar refractivity (Wildman–Crippen MR) is 75.4 cm³/mol. The molecule has 0 fully saturated rings. The van der Waals surface area contributed by atoms with Crippen LogP contribution in [0.3, 0.4) is 0 Å². The Labute approximate surface area is 109 Å². The molecule has 1 aromatic carbocycles. The van der Waals surface area contributed by atoms with Gasteiger partial charge < -0.3 is 5.73 Å². The van der Waals surface area contributed by atoms with E-state index in [1.807, 2.05) is 26.1 Å². The third-order valence-corrected chi connectivity index (χ3v) is 3.47. The highest BCUT2D eigenvalue weighted by molar-refractivity contribution is 5.37. The smallest absolute Gasteiger partial charge is 0.0652 e. The van der Waals surface area contributed by atoms with Gasteiger partial charge in [0.05, 0.1) is 5.54 Å². The second kappa shape index (κ2) is 4.91. The van der Waals surface area contributed by atoms with Gasteiger partial charge >= 0.3 is 0 Å². The maximum absolute atomic E-state index is 6.46. The first-order valence-electron chi connectivity index (χ1n) is 6.35. The molecule has 0 aliphatic carbocycles. The molecule has 2 N–H and O–H groups in total. The molecule has 0 aliphatic heterocycles. The summed E-state index contributed by atoms with van der Waals surface area (Å²) >= 11 is 0. The molecule has 0 aliphatic rings. The van der Waals surface area contributed by atoms with Crippen LogP contribution in [0.15, 0.2) is 42.6 Å². The van der Waals surface area contributed by atoms with E-state index in [1.165, 1.54) is 5.56 Å². The molecule has 1 atom stereocenters. The zero-order valence-electron chi connectivity index (χ0n) is 11.3. The maximum atomic E-state index is 6.46. The first-order chi connectivity index (χ1) is 8.54. The number of nitrogens with zero attached hydrogens (tertiary/aromatic N) is 1. The number of hydrogen-bond donors (Lipinski definition) is 1. The summed E-state index contributed by atoms with van der Waals surface area (Å²) in [4.78, 5) is 4.32. The normalized spacial score (nSPS) is 14.2. The lowest BCUT2D eigenvalue weighted by atomic mass is 9.86. The maximum Gasteiger partial charge on any atom is 0.0652 e. The van der Waals surface area contributed by atoms with Crippen molar-refractivity contribution < 1.29 is 0 Å². The Balaban J connectivity index is 2.37. The van der Waals surface area contributed by atoms with E-state index in [1.54, 1.807) is 0 Å². The van der Waals surface area contributed by atoms with Crippen LogP contribution in [0.2, 0.25) is 0 Å². The van der Waals surface area contributed by atoms with Crippen molar-refractivity contribution in [3.05, 3.63) is 65.0 Å². The molecule has 0 spiro atoms. The van der Waals surface area contributed by atoms with E-state index in [-0.39, 0.29) is 0 Å². The minimum atomic E-state index is -0.493. The number of aryl methyl sites for hydroxylation is 2. The fourth-order valence-corrected chi connectivity index (χ4v) is 2.03. The molecule has 94 valence electrons. The highest BCUT2D eigenvalue weighted by atomic mass is 14.8. The monoisotopic (exact) mass is 240 g/mol. The van der Waals surface area contributed by atoms with Crippen molar-refractivity contribution in [3.63, 3.8) is 0 Å². The largest absolute Gasteiger partial charge is 0.318 e. The second-order valence-electron chi connectivity index (χ2n) is 4.94. The van der Waals surface area contributed by atoms with Crippen molar-refractivity contribution in [2.75, 3.05) is 0 Å². The molecule has 0 amide bonds. The third-order valence-electron chi connectivity index (χ3n) is 3.47. The molecule has 0 saturated carbocycles. The quantitative estimate of drug-likeness (QED) is 0.895. The number of nitrogens with two attached hydrogens (primary N) is 1. The van der Waals surface area contributed by atoms with Crippen LogP contribution >= 0.6 is 0 Å². The number of hydrogen-bond acceptors (Lipinski definition) is 2. The van der Waals surface area contributed by atoms with Crippen molar-refractivity contribution in [2.24, 2.45) is 5.73 Å². The molecule has 0 saturated heterocycles. The van der Waals surface area contributed by atoms with Gasteiger partial charge in [0.1, 0.15) is 0 Å². The van der Waals surface area contributed by atoms with Crippen LogP contribution in [0, 0.1) is 6.92 Å². The van der Waals surface area contributed by atoms with Gasteiger partial charge in [-0.05, 0) is 43.0 Å². The SMILES string of the molecule is CCc1ccc(C(C)(N)c2ccc(C)nc2)cc1. The van der Waals surface area contributed by atoms with Gasteiger partial charge in [0.2, 0.25) is 0 Å². The summed E-state index contributed by atoms with van der Waals surface area (Å²) in [6.07, 6.45) is 2.91. The van der Waals surface area contributed by atoms with E-state index < -0.39 is 5.54 Å². The van der Waals surface area contributed by atoms with E-state index >= 15 is 0 Å². The first kappa shape index (κ1) is 12.8. The molecular weight excluding hydrogens is 220 g/mol. The van der Waals surface area contributed by atoms with E-state index in [0.717, 1.165) is 23.2 Å². The van der Waals surface area contributed by atoms with Crippen LogP contribution in [0.4, 0.5) is 0 Å². The minimum Gasteiger partial charge on any atom is -0.318 e. The molecular formula is C16H20N2. The average molecular weight is 240 g/mol. The Bertz CT molecular complexity index is 510. The molecule has 1 heterocycles. The number of pyridine rings is 1. The van der Waals surface area contributed by atoms with E-state index in [9.17, 15) is 0 Å². The van der Waals surface area contributed by atoms with Crippen molar-refractivity contribution >= 4 is 0 Å². The predicted octanol–water partition coefficient (Wildman–Crippen LogP) is 3.17. The first-order valence-corrected chi connectivity index (χ1v) is 6.35. The summed E-state index contributed by atoms with van der Waals surface area (Å²) in [6, 6.07) is 12.6. The topological polar surface area (TPSA) is 38.9 Å². The van der Waals surface area contributed by atoms with Gasteiger partial charge in [0.25, 0.3) is 0 Å². The Morgan fingerprint density at radius 1 is 1.06 bits per heavy atom. The second-order valence-corrected chi connectivity index (χ2v) is 4.94. The fourth-order valence-electron chi connectivity index (χ4n) is 2.03. The van der Waals surface area contributed by atoms with Crippen LogP contribution in [-0.4, -0.2) is 4.98 Å². The number of aromatic nitrogens is 1. The Morgan fingerprint density at radius 3 is 2.17 bits per heavy atom. The summed E-state index contributed by atoms with van der Waals surface area (Å²) in [7, 11) is 0. The summed E-state index contributed by atoms with van der Waals surface area (Å²) in [5, 5.41) is 0. The van der Waals surface area contributed by atoms with Gasteiger partial charge in [-0.2, -0.15) is 0 Å². The minimum absolute atomic E-state index is 0.493. The van der Waals surface area contributed by atoms with E-state index in [0.29, 0.717) is 0 Å². The van der Waals surface area contributed by atoms with Crippen molar-refractivity contribution in [3.8, 4) is 0 Å². The Hall–Kier alpha value is -1.67.